The number of rotatable bonds is 12. The summed E-state index contributed by atoms with van der Waals surface area (Å²) in [6.45, 7) is -1.34. The van der Waals surface area contributed by atoms with Crippen LogP contribution < -0.4 is 5.32 Å². The molecule has 0 aliphatic heterocycles. The molecule has 1 aromatic rings. The van der Waals surface area contributed by atoms with Gasteiger partial charge in [0.25, 0.3) is 5.91 Å². The van der Waals surface area contributed by atoms with Crippen molar-refractivity contribution < 1.29 is 92.6 Å². The van der Waals surface area contributed by atoms with Crippen LogP contribution in [0.25, 0.3) is 0 Å². The first-order valence-electron chi connectivity index (χ1n) is 9.30. The molecule has 1 rings (SSSR count). The zero-order valence-electron chi connectivity index (χ0n) is 18.0. The lowest BCUT2D eigenvalue weighted by molar-refractivity contribution is -0.463. The summed E-state index contributed by atoms with van der Waals surface area (Å²) in [4.78, 5) is 14.6. The molecular weight excluding hydrogens is 628 g/mol. The van der Waals surface area contributed by atoms with Gasteiger partial charge in [0.15, 0.2) is 0 Å². The van der Waals surface area contributed by atoms with E-state index in [-0.39, 0.29) is 5.56 Å². The van der Waals surface area contributed by atoms with E-state index in [2.05, 4.69) is 4.98 Å². The molecule has 0 unspecified atom stereocenters. The first-order valence-corrected chi connectivity index (χ1v) is 9.30. The van der Waals surface area contributed by atoms with Crippen LogP contribution in [0.2, 0.25) is 0 Å². The Morgan fingerprint density at radius 1 is 0.650 bits per heavy atom. The van der Waals surface area contributed by atoms with Gasteiger partial charge >= 0.3 is 59.7 Å². The van der Waals surface area contributed by atoms with Crippen LogP contribution in [0.1, 0.15) is 5.56 Å². The fraction of sp³-hybridized carbons (Fsp3) is 0.647. The number of alkyl halides is 20. The van der Waals surface area contributed by atoms with Crippen LogP contribution in [0.3, 0.4) is 0 Å². The third-order valence-corrected chi connectivity index (χ3v) is 4.91. The highest BCUT2D eigenvalue weighted by atomic mass is 19.4. The van der Waals surface area contributed by atoms with Gasteiger partial charge in [-0.1, -0.05) is 6.07 Å². The van der Waals surface area contributed by atoms with Gasteiger partial charge in [0.1, 0.15) is 0 Å². The van der Waals surface area contributed by atoms with Crippen LogP contribution in [0.4, 0.5) is 87.8 Å². The molecule has 0 saturated carbocycles. The van der Waals surface area contributed by atoms with Crippen LogP contribution in [-0.2, 0) is 11.3 Å². The van der Waals surface area contributed by atoms with E-state index in [4.69, 9.17) is 0 Å². The van der Waals surface area contributed by atoms with Crippen LogP contribution >= 0.6 is 0 Å². The number of halogens is 20. The number of nitrogens with one attached hydrogen (secondary N) is 1. The average molecular weight is 636 g/mol. The minimum atomic E-state index is -9.12. The second-order valence-electron chi connectivity index (χ2n) is 7.56. The van der Waals surface area contributed by atoms with E-state index < -0.39 is 72.2 Å². The summed E-state index contributed by atoms with van der Waals surface area (Å²) < 4.78 is 267. The van der Waals surface area contributed by atoms with E-state index in [1.54, 1.807) is 0 Å². The Morgan fingerprint density at radius 3 is 1.38 bits per heavy atom. The Bertz CT molecular complexity index is 1050. The van der Waals surface area contributed by atoms with E-state index in [0.29, 0.717) is 11.5 Å². The zero-order chi connectivity index (χ0) is 32.2. The van der Waals surface area contributed by atoms with Crippen molar-refractivity contribution >= 4 is 5.91 Å². The van der Waals surface area contributed by atoms with E-state index in [1.807, 2.05) is 0 Å². The predicted octanol–water partition coefficient (Wildman–Crippen LogP) is 6.68. The quantitative estimate of drug-likeness (QED) is 0.261. The molecule has 0 saturated heterocycles. The summed E-state index contributed by atoms with van der Waals surface area (Å²) in [6.07, 6.45) is -4.43. The number of pyridine rings is 1. The molecule has 0 fully saturated rings. The first kappa shape index (κ1) is 35.2. The van der Waals surface area contributed by atoms with Gasteiger partial charge in [0.05, 0.1) is 0 Å². The smallest absolute Gasteiger partial charge is 0.347 e. The van der Waals surface area contributed by atoms with E-state index in [9.17, 15) is 92.6 Å². The molecule has 0 spiro atoms. The van der Waals surface area contributed by atoms with Crippen LogP contribution in [-0.4, -0.2) is 70.6 Å². The molecule has 1 amide bonds. The molecule has 0 aromatic carbocycles. The van der Waals surface area contributed by atoms with Gasteiger partial charge < -0.3 is 5.32 Å². The lowest BCUT2D eigenvalue weighted by Crippen LogP contribution is -2.77. The van der Waals surface area contributed by atoms with Crippen molar-refractivity contribution in [2.24, 2.45) is 0 Å². The summed E-state index contributed by atoms with van der Waals surface area (Å²) in [5, 5.41) is 0.713. The summed E-state index contributed by atoms with van der Waals surface area (Å²) in [6, 6.07) is 1.89. The third-order valence-electron chi connectivity index (χ3n) is 4.91. The zero-order valence-corrected chi connectivity index (χ0v) is 18.0. The molecule has 23 heteroatoms. The molecule has 1 heterocycles. The monoisotopic (exact) mass is 636 g/mol. The van der Waals surface area contributed by atoms with Crippen molar-refractivity contribution in [2.75, 3.05) is 0 Å². The Kier molecular flexibility index (Phi) is 8.76. The SMILES string of the molecule is O=C(NCc1cccnc1)C(F)(F)C(F)(F)C(F)(F)C(F)(F)C(F)(F)C(F)(F)C(F)(F)C(F)(F)C(F)(F)C(F)F. The fourth-order valence-electron chi connectivity index (χ4n) is 2.47. The Hall–Kier alpha value is -2.78. The number of carbonyl (C=O) groups excluding carboxylic acids is 1. The Morgan fingerprint density at radius 2 is 1.02 bits per heavy atom. The summed E-state index contributed by atoms with van der Waals surface area (Å²) >= 11 is 0. The standard InChI is InChI=1S/C17H8F20N2O/c18-7(19)9(20,21)11(24,25)13(28,29)15(32,33)17(36,37)16(34,35)14(30,31)12(26,27)10(22,23)8(40)39-5-6-2-1-3-38-4-6/h1-4,7H,5H2,(H,39,40). The second kappa shape index (κ2) is 9.94. The van der Waals surface area contributed by atoms with Crippen molar-refractivity contribution in [3.8, 4) is 0 Å². The lowest BCUT2D eigenvalue weighted by atomic mass is 9.86. The van der Waals surface area contributed by atoms with Crippen molar-refractivity contribution in [1.82, 2.24) is 10.3 Å². The first-order chi connectivity index (χ1) is 17.4. The maximum Gasteiger partial charge on any atom is 0.392 e. The largest absolute Gasteiger partial charge is 0.392 e. The van der Waals surface area contributed by atoms with Gasteiger partial charge in [-0.15, -0.1) is 0 Å². The highest BCUT2D eigenvalue weighted by Gasteiger charge is 2.97. The summed E-state index contributed by atoms with van der Waals surface area (Å²) in [5.41, 5.74) is -0.387. The molecule has 3 nitrogen and oxygen atoms in total. The van der Waals surface area contributed by atoms with Crippen molar-refractivity contribution in [3.63, 3.8) is 0 Å². The van der Waals surface area contributed by atoms with Crippen molar-refractivity contribution in [2.45, 2.75) is 66.3 Å². The molecule has 0 radical (unpaired) electrons. The highest BCUT2D eigenvalue weighted by molar-refractivity contribution is 5.84. The third kappa shape index (κ3) is 4.65. The van der Waals surface area contributed by atoms with Gasteiger partial charge in [0.2, 0.25) is 0 Å². The molecule has 0 bridgehead atoms. The molecule has 1 N–H and O–H groups in total. The normalized spacial score (nSPS) is 15.4. The van der Waals surface area contributed by atoms with Gasteiger partial charge in [-0.3, -0.25) is 9.78 Å². The van der Waals surface area contributed by atoms with Crippen molar-refractivity contribution in [1.29, 1.82) is 0 Å². The predicted molar refractivity (Wildman–Crippen MR) is 86.6 cm³/mol. The maximum atomic E-state index is 13.8. The fourth-order valence-corrected chi connectivity index (χ4v) is 2.47. The van der Waals surface area contributed by atoms with Gasteiger partial charge in [-0.25, -0.2) is 8.78 Å². The van der Waals surface area contributed by atoms with E-state index in [1.165, 1.54) is 0 Å². The summed E-state index contributed by atoms with van der Waals surface area (Å²) in [7, 11) is 0. The topological polar surface area (TPSA) is 42.0 Å². The van der Waals surface area contributed by atoms with Gasteiger partial charge in [-0.2, -0.15) is 79.0 Å². The summed E-state index contributed by atoms with van der Waals surface area (Å²) in [5.74, 6) is -80.4. The number of hydrogen-bond donors (Lipinski definition) is 1. The van der Waals surface area contributed by atoms with Crippen LogP contribution in [0.15, 0.2) is 24.5 Å². The second-order valence-corrected chi connectivity index (χ2v) is 7.56. The Labute approximate surface area is 206 Å². The van der Waals surface area contributed by atoms with Crippen LogP contribution in [0, 0.1) is 0 Å². The molecule has 232 valence electrons. The lowest BCUT2D eigenvalue weighted by Gasteiger charge is -2.44. The minimum Gasteiger partial charge on any atom is -0.347 e. The number of hydrogen-bond acceptors (Lipinski definition) is 2. The molecule has 0 aliphatic rings. The maximum absolute atomic E-state index is 13.8. The molecule has 1 aromatic heterocycles. The molecule has 40 heavy (non-hydrogen) atoms. The highest BCUT2D eigenvalue weighted by Crippen LogP contribution is 2.65. The minimum absolute atomic E-state index is 0.387. The molecular formula is C17H8F20N2O. The van der Waals surface area contributed by atoms with Crippen molar-refractivity contribution in [3.05, 3.63) is 30.1 Å². The number of aromatic nitrogens is 1. The molecule has 0 atom stereocenters. The van der Waals surface area contributed by atoms with Gasteiger partial charge in [0, 0.05) is 18.9 Å². The number of nitrogens with zero attached hydrogens (tertiary/aromatic N) is 1. The number of amides is 1. The van der Waals surface area contributed by atoms with E-state index in [0.717, 1.165) is 18.3 Å². The van der Waals surface area contributed by atoms with Crippen LogP contribution in [0.5, 0.6) is 0 Å². The molecule has 0 aliphatic carbocycles. The Balaban J connectivity index is 3.60. The van der Waals surface area contributed by atoms with Gasteiger partial charge in [-0.05, 0) is 11.6 Å². The van der Waals surface area contributed by atoms with E-state index >= 15 is 0 Å². The number of carbonyl (C=O) groups is 1. The average Bonchev–Trinajstić information content (AvgIpc) is 2.81.